The van der Waals surface area contributed by atoms with E-state index in [0.717, 1.165) is 12.1 Å². The van der Waals surface area contributed by atoms with Gasteiger partial charge >= 0.3 is 0 Å². The lowest BCUT2D eigenvalue weighted by Crippen LogP contribution is -2.14. The van der Waals surface area contributed by atoms with Crippen LogP contribution in [0.3, 0.4) is 0 Å². The number of sulfonamides is 1. The van der Waals surface area contributed by atoms with Crippen LogP contribution in [0.2, 0.25) is 0 Å². The first-order valence-electron chi connectivity index (χ1n) is 5.85. The van der Waals surface area contributed by atoms with Crippen molar-refractivity contribution in [2.45, 2.75) is 11.3 Å². The van der Waals surface area contributed by atoms with Crippen LogP contribution in [-0.4, -0.2) is 25.3 Å². The van der Waals surface area contributed by atoms with Crippen molar-refractivity contribution in [3.05, 3.63) is 41.9 Å². The van der Waals surface area contributed by atoms with Gasteiger partial charge in [0.2, 0.25) is 0 Å². The molecule has 2 N–H and O–H groups in total. The molecule has 0 saturated heterocycles. The van der Waals surface area contributed by atoms with E-state index in [1.165, 1.54) is 18.4 Å². The third-order valence-corrected chi connectivity index (χ3v) is 3.76. The lowest BCUT2D eigenvalue weighted by atomic mass is 10.2. The zero-order valence-corrected chi connectivity index (χ0v) is 11.5. The van der Waals surface area contributed by atoms with Crippen molar-refractivity contribution in [3.8, 4) is 11.8 Å². The molecule has 0 saturated carbocycles. The first kappa shape index (κ1) is 15.0. The van der Waals surface area contributed by atoms with Gasteiger partial charge in [0.15, 0.2) is 5.82 Å². The standard InChI is InChI=1S/C13H11FN2O4S/c14-11-9-10(3-1-2-7-17)4-5-12(11)21(18,19)16-13-6-8-20-15-13/h4-6,8-9,17H,2,7H2,(H,15,16). The third-order valence-electron chi connectivity index (χ3n) is 2.37. The maximum absolute atomic E-state index is 13.9. The van der Waals surface area contributed by atoms with E-state index < -0.39 is 20.7 Å². The third kappa shape index (κ3) is 3.81. The molecule has 21 heavy (non-hydrogen) atoms. The number of aromatic nitrogens is 1. The molecule has 0 amide bonds. The number of hydrogen-bond donors (Lipinski definition) is 2. The van der Waals surface area contributed by atoms with E-state index in [4.69, 9.17) is 5.11 Å². The van der Waals surface area contributed by atoms with Crippen LogP contribution in [0.25, 0.3) is 0 Å². The van der Waals surface area contributed by atoms with Crippen molar-refractivity contribution in [3.63, 3.8) is 0 Å². The fourth-order valence-electron chi connectivity index (χ4n) is 1.47. The second kappa shape index (κ2) is 6.39. The van der Waals surface area contributed by atoms with Crippen molar-refractivity contribution >= 4 is 15.8 Å². The SMILES string of the molecule is O=S(=O)(Nc1ccon1)c1ccc(C#CCCO)cc1F. The molecular weight excluding hydrogens is 299 g/mol. The molecule has 1 heterocycles. The van der Waals surface area contributed by atoms with Gasteiger partial charge in [0.25, 0.3) is 10.0 Å². The van der Waals surface area contributed by atoms with Crippen LogP contribution >= 0.6 is 0 Å². The second-order valence-electron chi connectivity index (χ2n) is 3.91. The van der Waals surface area contributed by atoms with Gasteiger partial charge in [-0.2, -0.15) is 0 Å². The number of nitrogens with one attached hydrogen (secondary N) is 1. The van der Waals surface area contributed by atoms with Crippen LogP contribution in [0.15, 0.2) is 39.9 Å². The maximum Gasteiger partial charge on any atom is 0.266 e. The van der Waals surface area contributed by atoms with E-state index in [9.17, 15) is 12.8 Å². The van der Waals surface area contributed by atoms with Crippen molar-refractivity contribution in [2.24, 2.45) is 0 Å². The summed E-state index contributed by atoms with van der Waals surface area (Å²) in [5.41, 5.74) is 0.321. The molecule has 0 aliphatic carbocycles. The minimum Gasteiger partial charge on any atom is -0.395 e. The average molecular weight is 310 g/mol. The fraction of sp³-hybridized carbons (Fsp3) is 0.154. The van der Waals surface area contributed by atoms with Gasteiger partial charge in [-0.1, -0.05) is 17.0 Å². The van der Waals surface area contributed by atoms with Crippen molar-refractivity contribution in [1.82, 2.24) is 5.16 Å². The van der Waals surface area contributed by atoms with E-state index in [1.54, 1.807) is 0 Å². The summed E-state index contributed by atoms with van der Waals surface area (Å²) in [5, 5.41) is 12.0. The monoisotopic (exact) mass is 310 g/mol. The van der Waals surface area contributed by atoms with Crippen molar-refractivity contribution in [1.29, 1.82) is 0 Å². The molecule has 0 atom stereocenters. The van der Waals surface area contributed by atoms with Gasteiger partial charge in [0.05, 0.1) is 6.61 Å². The van der Waals surface area contributed by atoms with Crippen LogP contribution in [0, 0.1) is 17.7 Å². The Balaban J connectivity index is 2.26. The normalized spacial score (nSPS) is 10.8. The smallest absolute Gasteiger partial charge is 0.266 e. The van der Waals surface area contributed by atoms with Crippen LogP contribution in [-0.2, 0) is 10.0 Å². The largest absolute Gasteiger partial charge is 0.395 e. The molecular formula is C13H11FN2O4S. The highest BCUT2D eigenvalue weighted by Gasteiger charge is 2.20. The Bertz CT molecular complexity index is 776. The Morgan fingerprint density at radius 1 is 1.38 bits per heavy atom. The predicted molar refractivity (Wildman–Crippen MR) is 72.3 cm³/mol. The number of hydrogen-bond acceptors (Lipinski definition) is 5. The molecule has 110 valence electrons. The highest BCUT2D eigenvalue weighted by Crippen LogP contribution is 2.18. The lowest BCUT2D eigenvalue weighted by Gasteiger charge is -2.06. The molecule has 0 aliphatic rings. The summed E-state index contributed by atoms with van der Waals surface area (Å²) in [5.74, 6) is 4.27. The first-order chi connectivity index (χ1) is 10.0. The summed E-state index contributed by atoms with van der Waals surface area (Å²) < 4.78 is 44.5. The van der Waals surface area contributed by atoms with Crippen molar-refractivity contribution in [2.75, 3.05) is 11.3 Å². The summed E-state index contributed by atoms with van der Waals surface area (Å²) in [7, 11) is -4.09. The number of nitrogens with zero attached hydrogens (tertiary/aromatic N) is 1. The van der Waals surface area contributed by atoms with E-state index in [0.29, 0.717) is 5.56 Å². The lowest BCUT2D eigenvalue weighted by molar-refractivity contribution is 0.305. The van der Waals surface area contributed by atoms with E-state index >= 15 is 0 Å². The van der Waals surface area contributed by atoms with Crippen LogP contribution < -0.4 is 4.72 Å². The number of benzene rings is 1. The van der Waals surface area contributed by atoms with Crippen molar-refractivity contribution < 1.29 is 22.4 Å². The molecule has 0 unspecified atom stereocenters. The van der Waals surface area contributed by atoms with Gasteiger partial charge in [-0.25, -0.2) is 12.8 Å². The highest BCUT2D eigenvalue weighted by molar-refractivity contribution is 7.92. The highest BCUT2D eigenvalue weighted by atomic mass is 32.2. The quantitative estimate of drug-likeness (QED) is 0.832. The minimum atomic E-state index is -4.09. The van der Waals surface area contributed by atoms with Gasteiger partial charge in [-0.15, -0.1) is 0 Å². The molecule has 2 rings (SSSR count). The van der Waals surface area contributed by atoms with E-state index in [-0.39, 0.29) is 18.8 Å². The van der Waals surface area contributed by atoms with Crippen LogP contribution in [0.5, 0.6) is 0 Å². The molecule has 0 aliphatic heterocycles. The second-order valence-corrected chi connectivity index (χ2v) is 5.56. The molecule has 1 aromatic heterocycles. The number of aliphatic hydroxyl groups is 1. The Morgan fingerprint density at radius 2 is 2.19 bits per heavy atom. The summed E-state index contributed by atoms with van der Waals surface area (Å²) in [6.07, 6.45) is 1.45. The van der Waals surface area contributed by atoms with Gasteiger partial charge in [-0.05, 0) is 18.2 Å². The molecule has 0 spiro atoms. The molecule has 0 bridgehead atoms. The topological polar surface area (TPSA) is 92.4 Å². The summed E-state index contributed by atoms with van der Waals surface area (Å²) >= 11 is 0. The van der Waals surface area contributed by atoms with Gasteiger partial charge in [0.1, 0.15) is 17.0 Å². The molecule has 0 radical (unpaired) electrons. The number of aliphatic hydroxyl groups excluding tert-OH is 1. The number of rotatable bonds is 4. The molecule has 6 nitrogen and oxygen atoms in total. The van der Waals surface area contributed by atoms with Gasteiger partial charge in [-0.3, -0.25) is 4.72 Å². The Morgan fingerprint density at radius 3 is 2.81 bits per heavy atom. The van der Waals surface area contributed by atoms with Gasteiger partial charge in [0, 0.05) is 18.1 Å². The first-order valence-corrected chi connectivity index (χ1v) is 7.34. The molecule has 1 aromatic carbocycles. The average Bonchev–Trinajstić information content (AvgIpc) is 2.91. The maximum atomic E-state index is 13.9. The summed E-state index contributed by atoms with van der Waals surface area (Å²) in [6.45, 7) is -0.0937. The van der Waals surface area contributed by atoms with Crippen LogP contribution in [0.1, 0.15) is 12.0 Å². The summed E-state index contributed by atoms with van der Waals surface area (Å²) in [6, 6.07) is 4.80. The zero-order chi connectivity index (χ0) is 15.3. The Labute approximate surface area is 120 Å². The Hall–Kier alpha value is -2.37. The van der Waals surface area contributed by atoms with Gasteiger partial charge < -0.3 is 9.63 Å². The minimum absolute atomic E-state index is 0.0405. The molecule has 0 fully saturated rings. The van der Waals surface area contributed by atoms with E-state index in [1.807, 2.05) is 0 Å². The Kier molecular flexibility index (Phi) is 4.57. The fourth-order valence-corrected chi connectivity index (χ4v) is 2.53. The molecule has 8 heteroatoms. The number of halogens is 1. The summed E-state index contributed by atoms with van der Waals surface area (Å²) in [4.78, 5) is -0.516. The van der Waals surface area contributed by atoms with E-state index in [2.05, 4.69) is 26.2 Å². The van der Waals surface area contributed by atoms with Crippen LogP contribution in [0.4, 0.5) is 10.2 Å². The zero-order valence-electron chi connectivity index (χ0n) is 10.7. The molecule has 2 aromatic rings. The number of anilines is 1. The predicted octanol–water partition coefficient (Wildman–Crippen LogP) is 1.35.